The number of rotatable bonds is 6. The van der Waals surface area contributed by atoms with Gasteiger partial charge in [-0.3, -0.25) is 10.1 Å². The van der Waals surface area contributed by atoms with Crippen LogP contribution in [0.2, 0.25) is 0 Å². The van der Waals surface area contributed by atoms with E-state index in [2.05, 4.69) is 5.32 Å². The molecule has 0 bridgehead atoms. The summed E-state index contributed by atoms with van der Waals surface area (Å²) in [5.41, 5.74) is 2.98. The van der Waals surface area contributed by atoms with Gasteiger partial charge in [-0.05, 0) is 42.3 Å². The Bertz CT molecular complexity index is 910. The van der Waals surface area contributed by atoms with Gasteiger partial charge in [0.25, 0.3) is 5.69 Å². The Morgan fingerprint density at radius 2 is 1.88 bits per heavy atom. The summed E-state index contributed by atoms with van der Waals surface area (Å²) in [5.74, 6) is 0. The van der Waals surface area contributed by atoms with Crippen LogP contribution in [-0.4, -0.2) is 27.4 Å². The van der Waals surface area contributed by atoms with E-state index in [9.17, 15) is 18.5 Å². The van der Waals surface area contributed by atoms with Crippen molar-refractivity contribution in [2.75, 3.05) is 24.3 Å². The summed E-state index contributed by atoms with van der Waals surface area (Å²) < 4.78 is 22.7. The van der Waals surface area contributed by atoms with Crippen molar-refractivity contribution in [1.82, 2.24) is 0 Å². The second kappa shape index (κ2) is 7.08. The minimum Gasteiger partial charge on any atom is -0.378 e. The summed E-state index contributed by atoms with van der Waals surface area (Å²) in [6.45, 7) is 2.33. The predicted molar refractivity (Wildman–Crippen MR) is 97.3 cm³/mol. The maximum atomic E-state index is 11.4. The first-order valence-corrected chi connectivity index (χ1v) is 8.96. The average Bonchev–Trinajstić information content (AvgIpc) is 2.52. The van der Waals surface area contributed by atoms with Gasteiger partial charge in [0.05, 0.1) is 9.82 Å². The lowest BCUT2D eigenvalue weighted by Gasteiger charge is -2.16. The van der Waals surface area contributed by atoms with Gasteiger partial charge in [0, 0.05) is 32.4 Å². The molecule has 8 nitrogen and oxygen atoms in total. The summed E-state index contributed by atoms with van der Waals surface area (Å²) in [7, 11) is -0.104. The lowest BCUT2D eigenvalue weighted by Crippen LogP contribution is -2.13. The van der Waals surface area contributed by atoms with Crippen LogP contribution in [0.25, 0.3) is 0 Å². The molecule has 9 heteroatoms. The molecule has 134 valence electrons. The second-order valence-electron chi connectivity index (χ2n) is 5.84. The molecule has 0 atom stereocenters. The molecule has 0 spiro atoms. The third-order valence-electron chi connectivity index (χ3n) is 3.81. The summed E-state index contributed by atoms with van der Waals surface area (Å²) in [5, 5.41) is 19.2. The molecule has 0 aliphatic carbocycles. The molecule has 0 radical (unpaired) electrons. The van der Waals surface area contributed by atoms with Gasteiger partial charge in [0.2, 0.25) is 10.0 Å². The SMILES string of the molecule is Cc1cc(N(C)C)ccc1CNc1ccc(S(N)(=O)=O)cc1[N+](=O)[O-]. The van der Waals surface area contributed by atoms with Crippen molar-refractivity contribution in [2.45, 2.75) is 18.4 Å². The van der Waals surface area contributed by atoms with Gasteiger partial charge in [0.1, 0.15) is 5.69 Å². The molecule has 0 unspecified atom stereocenters. The van der Waals surface area contributed by atoms with E-state index in [4.69, 9.17) is 5.14 Å². The van der Waals surface area contributed by atoms with Crippen LogP contribution in [0.5, 0.6) is 0 Å². The lowest BCUT2D eigenvalue weighted by molar-refractivity contribution is -0.384. The number of nitrogens with two attached hydrogens (primary N) is 1. The number of nitrogens with zero attached hydrogens (tertiary/aromatic N) is 2. The number of nitro groups is 1. The van der Waals surface area contributed by atoms with E-state index in [1.54, 1.807) is 0 Å². The van der Waals surface area contributed by atoms with Crippen molar-refractivity contribution >= 4 is 27.1 Å². The van der Waals surface area contributed by atoms with Gasteiger partial charge in [0.15, 0.2) is 0 Å². The molecule has 0 saturated heterocycles. The lowest BCUT2D eigenvalue weighted by atomic mass is 10.1. The van der Waals surface area contributed by atoms with Crippen LogP contribution in [0, 0.1) is 17.0 Å². The molecule has 0 heterocycles. The van der Waals surface area contributed by atoms with Crippen LogP contribution < -0.4 is 15.4 Å². The number of primary sulfonamides is 1. The fourth-order valence-corrected chi connectivity index (χ4v) is 2.87. The van der Waals surface area contributed by atoms with Crippen LogP contribution in [0.1, 0.15) is 11.1 Å². The molecule has 0 fully saturated rings. The van der Waals surface area contributed by atoms with E-state index in [0.29, 0.717) is 6.54 Å². The summed E-state index contributed by atoms with van der Waals surface area (Å²) in [6, 6.07) is 9.48. The maximum Gasteiger partial charge on any atom is 0.293 e. The molecular formula is C16H20N4O4S. The average molecular weight is 364 g/mol. The number of nitrogens with one attached hydrogen (secondary N) is 1. The van der Waals surface area contributed by atoms with E-state index in [1.807, 2.05) is 44.1 Å². The molecule has 25 heavy (non-hydrogen) atoms. The largest absolute Gasteiger partial charge is 0.378 e. The van der Waals surface area contributed by atoms with Crippen molar-refractivity contribution in [3.8, 4) is 0 Å². The van der Waals surface area contributed by atoms with Crippen LogP contribution in [0.4, 0.5) is 17.1 Å². The van der Waals surface area contributed by atoms with Crippen LogP contribution >= 0.6 is 0 Å². The van der Waals surface area contributed by atoms with E-state index in [0.717, 1.165) is 22.9 Å². The standard InChI is InChI=1S/C16H20N4O4S/c1-11-8-13(19(2)3)5-4-12(11)10-18-15-7-6-14(25(17,23)24)9-16(15)20(21)22/h4-9,18H,10H2,1-3H3,(H2,17,23,24). The van der Waals surface area contributed by atoms with Crippen LogP contribution in [-0.2, 0) is 16.6 Å². The molecule has 3 N–H and O–H groups in total. The van der Waals surface area contributed by atoms with Gasteiger partial charge in [-0.1, -0.05) is 6.07 Å². The molecular weight excluding hydrogens is 344 g/mol. The minimum absolute atomic E-state index is 0.230. The zero-order valence-electron chi connectivity index (χ0n) is 14.2. The number of nitro benzene ring substituents is 1. The van der Waals surface area contributed by atoms with Gasteiger partial charge in [-0.15, -0.1) is 0 Å². The molecule has 0 saturated carbocycles. The van der Waals surface area contributed by atoms with Crippen molar-refractivity contribution in [3.05, 3.63) is 57.6 Å². The Labute approximate surface area is 146 Å². The van der Waals surface area contributed by atoms with Gasteiger partial charge in [-0.2, -0.15) is 0 Å². The fourth-order valence-electron chi connectivity index (χ4n) is 2.34. The highest BCUT2D eigenvalue weighted by molar-refractivity contribution is 7.89. The number of anilines is 2. The van der Waals surface area contributed by atoms with Gasteiger partial charge < -0.3 is 10.2 Å². The predicted octanol–water partition coefficient (Wildman–Crippen LogP) is 2.23. The number of hydrogen-bond acceptors (Lipinski definition) is 6. The van der Waals surface area contributed by atoms with Crippen molar-refractivity contribution in [3.63, 3.8) is 0 Å². The van der Waals surface area contributed by atoms with Crippen LogP contribution in [0.3, 0.4) is 0 Å². The van der Waals surface area contributed by atoms with E-state index < -0.39 is 14.9 Å². The first-order chi connectivity index (χ1) is 11.6. The normalized spacial score (nSPS) is 11.2. The summed E-state index contributed by atoms with van der Waals surface area (Å²) in [4.78, 5) is 12.3. The first kappa shape index (κ1) is 18.7. The smallest absolute Gasteiger partial charge is 0.293 e. The summed E-state index contributed by atoms with van der Waals surface area (Å²) in [6.07, 6.45) is 0. The third kappa shape index (κ3) is 4.46. The van der Waals surface area contributed by atoms with Crippen molar-refractivity contribution in [2.24, 2.45) is 5.14 Å². The van der Waals surface area contributed by atoms with Crippen molar-refractivity contribution in [1.29, 1.82) is 0 Å². The highest BCUT2D eigenvalue weighted by Gasteiger charge is 2.19. The second-order valence-corrected chi connectivity index (χ2v) is 7.40. The monoisotopic (exact) mass is 364 g/mol. The number of benzene rings is 2. The van der Waals surface area contributed by atoms with E-state index in [-0.39, 0.29) is 16.3 Å². The topological polar surface area (TPSA) is 119 Å². The third-order valence-corrected chi connectivity index (χ3v) is 4.72. The van der Waals surface area contributed by atoms with Gasteiger partial charge >= 0.3 is 0 Å². The molecule has 2 rings (SSSR count). The van der Waals surface area contributed by atoms with Gasteiger partial charge in [-0.25, -0.2) is 13.6 Å². The minimum atomic E-state index is -4.00. The fraction of sp³-hybridized carbons (Fsp3) is 0.250. The molecule has 0 aromatic heterocycles. The van der Waals surface area contributed by atoms with E-state index in [1.165, 1.54) is 12.1 Å². The van der Waals surface area contributed by atoms with E-state index >= 15 is 0 Å². The Morgan fingerprint density at radius 3 is 2.40 bits per heavy atom. The van der Waals surface area contributed by atoms with Crippen LogP contribution in [0.15, 0.2) is 41.3 Å². The molecule has 0 aliphatic rings. The molecule has 0 amide bonds. The Balaban J connectivity index is 2.27. The zero-order chi connectivity index (χ0) is 18.8. The molecule has 0 aliphatic heterocycles. The zero-order valence-corrected chi connectivity index (χ0v) is 15.0. The number of sulfonamides is 1. The Hall–Kier alpha value is -2.65. The quantitative estimate of drug-likeness (QED) is 0.599. The number of aryl methyl sites for hydroxylation is 1. The highest BCUT2D eigenvalue weighted by atomic mass is 32.2. The van der Waals surface area contributed by atoms with Crippen molar-refractivity contribution < 1.29 is 13.3 Å². The highest BCUT2D eigenvalue weighted by Crippen LogP contribution is 2.28. The Morgan fingerprint density at radius 1 is 1.20 bits per heavy atom. The Kier molecular flexibility index (Phi) is 5.29. The first-order valence-electron chi connectivity index (χ1n) is 7.41. The maximum absolute atomic E-state index is 11.4. The molecule has 2 aromatic rings. The molecule has 2 aromatic carbocycles. The number of hydrogen-bond donors (Lipinski definition) is 2. The summed E-state index contributed by atoms with van der Waals surface area (Å²) >= 11 is 0.